The van der Waals surface area contributed by atoms with Gasteiger partial charge < -0.3 is 15.2 Å². The summed E-state index contributed by atoms with van der Waals surface area (Å²) in [6, 6.07) is 6.30. The lowest BCUT2D eigenvalue weighted by Crippen LogP contribution is -2.24. The number of imidazole rings is 1. The molecule has 1 fully saturated rings. The third kappa shape index (κ3) is 2.08. The molecule has 0 radical (unpaired) electrons. The molecule has 1 saturated heterocycles. The van der Waals surface area contributed by atoms with Gasteiger partial charge in [-0.15, -0.1) is 0 Å². The average Bonchev–Trinajstić information content (AvgIpc) is 2.94. The molecule has 0 aliphatic carbocycles. The third-order valence-corrected chi connectivity index (χ3v) is 3.77. The molecule has 1 aromatic heterocycles. The molecule has 1 aliphatic rings. The first-order chi connectivity index (χ1) is 8.74. The summed E-state index contributed by atoms with van der Waals surface area (Å²) in [5, 5.41) is 0. The summed E-state index contributed by atoms with van der Waals surface area (Å²) >= 11 is 0. The Morgan fingerprint density at radius 3 is 2.78 bits per heavy atom. The third-order valence-electron chi connectivity index (χ3n) is 3.77. The Morgan fingerprint density at radius 2 is 2.00 bits per heavy atom. The molecule has 4 heteroatoms. The van der Waals surface area contributed by atoms with E-state index in [1.807, 2.05) is 6.07 Å². The Balaban J connectivity index is 1.85. The van der Waals surface area contributed by atoms with Gasteiger partial charge in [-0.1, -0.05) is 6.07 Å². The fraction of sp³-hybridized carbons (Fsp3) is 0.500. The van der Waals surface area contributed by atoms with E-state index in [1.165, 1.54) is 31.5 Å². The fourth-order valence-electron chi connectivity index (χ4n) is 2.73. The van der Waals surface area contributed by atoms with Crippen LogP contribution in [0.2, 0.25) is 0 Å². The maximum absolute atomic E-state index is 6.02. The summed E-state index contributed by atoms with van der Waals surface area (Å²) in [4.78, 5) is 6.92. The standard InChI is InChI=1S/C14H20N4/c1-11-4-5-12-13(10-11)18(14(15)16-12)9-8-17-6-2-3-7-17/h4-5,10H,2-3,6-9H2,1H3,(H2,15,16). The minimum absolute atomic E-state index is 0.634. The smallest absolute Gasteiger partial charge is 0.201 e. The number of hydrogen-bond donors (Lipinski definition) is 1. The zero-order valence-electron chi connectivity index (χ0n) is 10.9. The van der Waals surface area contributed by atoms with Crippen LogP contribution in [0.5, 0.6) is 0 Å². The van der Waals surface area contributed by atoms with Crippen molar-refractivity contribution in [1.29, 1.82) is 0 Å². The van der Waals surface area contributed by atoms with Crippen molar-refractivity contribution < 1.29 is 0 Å². The summed E-state index contributed by atoms with van der Waals surface area (Å²) in [6.07, 6.45) is 2.67. The number of nitrogens with zero attached hydrogens (tertiary/aromatic N) is 3. The molecule has 2 heterocycles. The van der Waals surface area contributed by atoms with Crippen LogP contribution in [0.3, 0.4) is 0 Å². The summed E-state index contributed by atoms with van der Waals surface area (Å²) in [5.41, 5.74) is 9.43. The van der Waals surface area contributed by atoms with Gasteiger partial charge in [0.2, 0.25) is 5.95 Å². The lowest BCUT2D eigenvalue weighted by Gasteiger charge is -2.15. The second-order valence-electron chi connectivity index (χ2n) is 5.16. The van der Waals surface area contributed by atoms with Crippen molar-refractivity contribution in [3.8, 4) is 0 Å². The van der Waals surface area contributed by atoms with Crippen molar-refractivity contribution >= 4 is 17.0 Å². The van der Waals surface area contributed by atoms with Gasteiger partial charge in [0.05, 0.1) is 11.0 Å². The molecular formula is C14H20N4. The minimum atomic E-state index is 0.634. The SMILES string of the molecule is Cc1ccc2nc(N)n(CCN3CCCC3)c2c1. The van der Waals surface area contributed by atoms with E-state index in [0.717, 1.165) is 24.1 Å². The van der Waals surface area contributed by atoms with E-state index in [-0.39, 0.29) is 0 Å². The molecule has 2 aromatic rings. The van der Waals surface area contributed by atoms with Crippen LogP contribution < -0.4 is 5.73 Å². The number of nitrogens with two attached hydrogens (primary N) is 1. The van der Waals surface area contributed by atoms with Gasteiger partial charge in [-0.3, -0.25) is 0 Å². The molecule has 0 spiro atoms. The number of nitrogen functional groups attached to an aromatic ring is 1. The first kappa shape index (κ1) is 11.5. The van der Waals surface area contributed by atoms with Crippen LogP contribution in [0, 0.1) is 6.92 Å². The number of aromatic nitrogens is 2. The summed E-state index contributed by atoms with van der Waals surface area (Å²) in [5.74, 6) is 0.634. The molecule has 2 N–H and O–H groups in total. The molecule has 4 nitrogen and oxygen atoms in total. The molecule has 0 saturated carbocycles. The quantitative estimate of drug-likeness (QED) is 0.898. The Hall–Kier alpha value is -1.55. The maximum Gasteiger partial charge on any atom is 0.201 e. The predicted molar refractivity (Wildman–Crippen MR) is 74.6 cm³/mol. The highest BCUT2D eigenvalue weighted by Crippen LogP contribution is 2.19. The zero-order valence-corrected chi connectivity index (χ0v) is 10.9. The van der Waals surface area contributed by atoms with E-state index in [9.17, 15) is 0 Å². The van der Waals surface area contributed by atoms with Crippen molar-refractivity contribution in [3.05, 3.63) is 23.8 Å². The number of rotatable bonds is 3. The Kier molecular flexibility index (Phi) is 2.96. The molecule has 3 rings (SSSR count). The van der Waals surface area contributed by atoms with Crippen LogP contribution in [0.4, 0.5) is 5.95 Å². The van der Waals surface area contributed by atoms with Crippen molar-refractivity contribution in [3.63, 3.8) is 0 Å². The molecule has 96 valence electrons. The highest BCUT2D eigenvalue weighted by atomic mass is 15.2. The van der Waals surface area contributed by atoms with Crippen molar-refractivity contribution in [1.82, 2.24) is 14.5 Å². The maximum atomic E-state index is 6.02. The minimum Gasteiger partial charge on any atom is -0.369 e. The zero-order chi connectivity index (χ0) is 12.5. The molecule has 0 unspecified atom stereocenters. The van der Waals surface area contributed by atoms with Gasteiger partial charge in [-0.25, -0.2) is 4.98 Å². The monoisotopic (exact) mass is 244 g/mol. The number of fused-ring (bicyclic) bond motifs is 1. The van der Waals surface area contributed by atoms with Crippen molar-refractivity contribution in [2.75, 3.05) is 25.4 Å². The Morgan fingerprint density at radius 1 is 1.22 bits per heavy atom. The molecule has 18 heavy (non-hydrogen) atoms. The first-order valence-corrected chi connectivity index (χ1v) is 6.69. The summed E-state index contributed by atoms with van der Waals surface area (Å²) < 4.78 is 2.14. The highest BCUT2D eigenvalue weighted by molar-refractivity contribution is 5.79. The van der Waals surface area contributed by atoms with Crippen LogP contribution in [-0.4, -0.2) is 34.1 Å². The molecular weight excluding hydrogens is 224 g/mol. The summed E-state index contributed by atoms with van der Waals surface area (Å²) in [7, 11) is 0. The predicted octanol–water partition coefficient (Wildman–Crippen LogP) is 2.02. The van der Waals surface area contributed by atoms with Crippen LogP contribution >= 0.6 is 0 Å². The van der Waals surface area contributed by atoms with Gasteiger partial charge in [0.1, 0.15) is 0 Å². The Labute approximate surface area is 107 Å². The van der Waals surface area contributed by atoms with Crippen LogP contribution in [-0.2, 0) is 6.54 Å². The largest absolute Gasteiger partial charge is 0.369 e. The van der Waals surface area contributed by atoms with Gasteiger partial charge in [-0.2, -0.15) is 0 Å². The molecule has 1 aliphatic heterocycles. The van der Waals surface area contributed by atoms with Gasteiger partial charge in [0.15, 0.2) is 0 Å². The van der Waals surface area contributed by atoms with Crippen LogP contribution in [0.25, 0.3) is 11.0 Å². The van der Waals surface area contributed by atoms with E-state index in [1.54, 1.807) is 0 Å². The van der Waals surface area contributed by atoms with E-state index in [2.05, 4.69) is 33.5 Å². The molecule has 0 bridgehead atoms. The topological polar surface area (TPSA) is 47.1 Å². The van der Waals surface area contributed by atoms with E-state index in [0.29, 0.717) is 5.95 Å². The number of anilines is 1. The Bertz CT molecular complexity index is 552. The number of likely N-dealkylation sites (tertiary alicyclic amines) is 1. The second kappa shape index (κ2) is 4.61. The lowest BCUT2D eigenvalue weighted by atomic mass is 10.2. The molecule has 1 aromatic carbocycles. The van der Waals surface area contributed by atoms with Crippen LogP contribution in [0.1, 0.15) is 18.4 Å². The van der Waals surface area contributed by atoms with E-state index in [4.69, 9.17) is 5.73 Å². The van der Waals surface area contributed by atoms with Crippen molar-refractivity contribution in [2.45, 2.75) is 26.3 Å². The van der Waals surface area contributed by atoms with Gasteiger partial charge in [0, 0.05) is 13.1 Å². The van der Waals surface area contributed by atoms with E-state index >= 15 is 0 Å². The lowest BCUT2D eigenvalue weighted by molar-refractivity contribution is 0.325. The average molecular weight is 244 g/mol. The summed E-state index contributed by atoms with van der Waals surface area (Å²) in [6.45, 7) is 6.57. The number of aryl methyl sites for hydroxylation is 1. The second-order valence-corrected chi connectivity index (χ2v) is 5.16. The highest BCUT2D eigenvalue weighted by Gasteiger charge is 2.13. The van der Waals surface area contributed by atoms with Crippen molar-refractivity contribution in [2.24, 2.45) is 0 Å². The normalized spacial score (nSPS) is 16.7. The fourth-order valence-corrected chi connectivity index (χ4v) is 2.73. The van der Waals surface area contributed by atoms with Gasteiger partial charge >= 0.3 is 0 Å². The van der Waals surface area contributed by atoms with Gasteiger partial charge in [-0.05, 0) is 50.6 Å². The number of hydrogen-bond acceptors (Lipinski definition) is 3. The first-order valence-electron chi connectivity index (χ1n) is 6.69. The van der Waals surface area contributed by atoms with E-state index < -0.39 is 0 Å². The number of benzene rings is 1. The van der Waals surface area contributed by atoms with Gasteiger partial charge in [0.25, 0.3) is 0 Å². The van der Waals surface area contributed by atoms with Crippen LogP contribution in [0.15, 0.2) is 18.2 Å². The molecule has 0 amide bonds. The molecule has 0 atom stereocenters.